The number of benzene rings is 5. The van der Waals surface area contributed by atoms with Gasteiger partial charge in [-0.05, 0) is 130 Å². The van der Waals surface area contributed by atoms with E-state index in [9.17, 15) is 87.2 Å². The highest BCUT2D eigenvalue weighted by Crippen LogP contribution is 2.26. The first-order valence-corrected chi connectivity index (χ1v) is 44.0. The maximum atomic E-state index is 15.3. The summed E-state index contributed by atoms with van der Waals surface area (Å²) in [6, 6.07) is 21.4. The number of thioether (sulfide) groups is 1. The van der Waals surface area contributed by atoms with Crippen molar-refractivity contribution in [3.05, 3.63) is 156 Å². The van der Waals surface area contributed by atoms with Crippen molar-refractivity contribution >= 4 is 112 Å². The molecule has 0 saturated carbocycles. The molecule has 15 atom stereocenters. The number of rotatable bonds is 23. The monoisotopic (exact) mass is 1790 g/mol. The summed E-state index contributed by atoms with van der Waals surface area (Å²) in [6.45, 7) is 6.86. The summed E-state index contributed by atoms with van der Waals surface area (Å²) in [5.41, 5.74) is 16.1. The van der Waals surface area contributed by atoms with Crippen LogP contribution in [0.2, 0.25) is 0 Å². The minimum Gasteiger partial charge on any atom is -0.481 e. The van der Waals surface area contributed by atoms with Gasteiger partial charge in [0.1, 0.15) is 78.5 Å². The third-order valence-corrected chi connectivity index (χ3v) is 23.8. The number of unbranched alkanes of at least 4 members (excludes halogenated alkanes) is 1. The van der Waals surface area contributed by atoms with Crippen LogP contribution in [0.1, 0.15) is 116 Å². The number of nitrogens with two attached hydrogens (primary N) is 2. The lowest BCUT2D eigenvalue weighted by atomic mass is 9.99. The minimum absolute atomic E-state index is 0.0192. The molecular weight excluding hydrogens is 1670 g/mol. The Morgan fingerprint density at radius 1 is 0.500 bits per heavy atom. The quantitative estimate of drug-likeness (QED) is 0.0348. The van der Waals surface area contributed by atoms with Gasteiger partial charge in [0.2, 0.25) is 94.5 Å². The number of carboxylic acids is 1. The van der Waals surface area contributed by atoms with Crippen molar-refractivity contribution in [1.29, 1.82) is 0 Å². The molecule has 8 rings (SSSR count). The van der Waals surface area contributed by atoms with Crippen molar-refractivity contribution in [3.8, 4) is 22.3 Å². The van der Waals surface area contributed by atoms with E-state index in [0.29, 0.717) is 36.1 Å². The highest BCUT2D eigenvalue weighted by Gasteiger charge is 2.44. The van der Waals surface area contributed by atoms with Crippen LogP contribution < -0.4 is 70.0 Å². The molecule has 37 nitrogen and oxygen atoms in total. The molecule has 0 aromatic heterocycles. The lowest BCUT2D eigenvalue weighted by Crippen LogP contribution is -2.63. The fourth-order valence-corrected chi connectivity index (χ4v) is 15.9. The molecule has 0 aliphatic carbocycles. The normalized spacial score (nSPS) is 24.0. The molecule has 3 saturated heterocycles. The first kappa shape index (κ1) is 101. The molecule has 3 aliphatic heterocycles. The average molecular weight is 1790 g/mol. The predicted molar refractivity (Wildman–Crippen MR) is 473 cm³/mol. The number of nitrogens with one attached hydrogen (secondary N) is 11. The summed E-state index contributed by atoms with van der Waals surface area (Å²) in [5, 5.41) is 60.8. The standard InChI is InChI=1S/C90H119N17O20S/c1-51(2)75-90(127)107-43-21-30-70(107)85(122)102-77(55(6)109)87(124)103-76(54(5)108)86(123)99-67(46-58-33-37-62(38-34-58)60-26-16-11-17-27-60)89(126)105(8)53(4)80(117)98-66(45-57-31-35-61(36-32-57)59-24-14-10-15-25-59)88(125)104(7)52(3)79(116)97-64(39-40-74(113)114)81(118)94-48-73(112)106-42-20-29-69(106)84(121)100-68(82(119)93-47-71(110)95-63(78(92)115)28-18-19-41-91)49-128-50-72(111)96-65(83(120)101-75)44-56-22-12-9-13-23-56/h9-17,22-27,31-38,51-55,63-70,75-77,108-109H,18-21,28-30,39-50,91H2,1-8H3,(H2,92,115)(H,93,119)(H,94,118)(H,95,110)(H,96,111)(H,97,116)(H,98,117)(H,99,123)(H,100,121)(H,101,120)(H,102,122)(H,103,124)(H,113,114)/t52-,53-,54+,55+,63-,64-,65-,66-,67-,68-,69-,70-,75-,76-,77-/m0/s1. The molecule has 3 heterocycles. The van der Waals surface area contributed by atoms with Crippen molar-refractivity contribution in [2.75, 3.05) is 58.3 Å². The SMILES string of the molecule is CC(C)[C@@H]1NC(=O)[C@H](Cc2ccccc2)NC(=O)CSC[C@@H](C(=O)NCC(=O)N[C@@H](CCCCN)C(N)=O)NC(=O)[C@@H]2CCCN2C(=O)CNC(=O)[C@H](CCC(=O)O)NC(=O)[C@H](C)N(C)C(=O)[C@H](Cc2ccc(-c3ccccc3)cc2)NC(=O)[C@H](C)N(C)C(=O)[C@H](Cc2ccc(-c3ccccc3)cc2)NC(=O)[C@H]([C@@H](C)O)NC(=O)[C@H]([C@@H](C)O)NC(=O)[C@@H]2CCCN2C1=O. The number of carbonyl (C=O) groups is 17. The Labute approximate surface area is 747 Å². The average Bonchev–Trinajstić information content (AvgIpc) is 1.53. The highest BCUT2D eigenvalue weighted by atomic mass is 32.2. The maximum Gasteiger partial charge on any atom is 0.303 e. The summed E-state index contributed by atoms with van der Waals surface area (Å²) < 4.78 is 0. The zero-order valence-electron chi connectivity index (χ0n) is 73.1. The molecule has 38 heteroatoms. The number of carbonyl (C=O) groups excluding carboxylic acids is 16. The molecule has 5 aromatic rings. The zero-order chi connectivity index (χ0) is 93.6. The molecule has 16 amide bonds. The summed E-state index contributed by atoms with van der Waals surface area (Å²) >= 11 is 0.800. The van der Waals surface area contributed by atoms with Gasteiger partial charge in [0.25, 0.3) is 0 Å². The number of primary amides is 1. The number of amides is 16. The van der Waals surface area contributed by atoms with E-state index in [1.807, 2.05) is 60.7 Å². The van der Waals surface area contributed by atoms with Gasteiger partial charge < -0.3 is 105 Å². The summed E-state index contributed by atoms with van der Waals surface area (Å²) in [7, 11) is 2.50. The van der Waals surface area contributed by atoms with Crippen LogP contribution in [0.4, 0.5) is 0 Å². The molecule has 3 aliphatic rings. The molecule has 3 fully saturated rings. The van der Waals surface area contributed by atoms with Crippen molar-refractivity contribution in [3.63, 3.8) is 0 Å². The highest BCUT2D eigenvalue weighted by molar-refractivity contribution is 8.00. The van der Waals surface area contributed by atoms with Crippen LogP contribution in [-0.2, 0) is 101 Å². The first-order chi connectivity index (χ1) is 60.9. The van der Waals surface area contributed by atoms with Gasteiger partial charge in [-0.3, -0.25) is 81.5 Å². The second-order valence-electron chi connectivity index (χ2n) is 32.6. The van der Waals surface area contributed by atoms with Gasteiger partial charge in [-0.1, -0.05) is 153 Å². The van der Waals surface area contributed by atoms with Crippen LogP contribution in [-0.4, -0.2) is 284 Å². The van der Waals surface area contributed by atoms with Gasteiger partial charge in [0, 0.05) is 58.6 Å². The van der Waals surface area contributed by atoms with Crippen LogP contribution in [0.15, 0.2) is 140 Å². The Morgan fingerprint density at radius 2 is 0.945 bits per heavy atom. The van der Waals surface area contributed by atoms with Gasteiger partial charge >= 0.3 is 5.97 Å². The molecule has 0 bridgehead atoms. The lowest BCUT2D eigenvalue weighted by Gasteiger charge is -2.33. The zero-order valence-corrected chi connectivity index (χ0v) is 73.9. The van der Waals surface area contributed by atoms with Crippen LogP contribution in [0.25, 0.3) is 22.3 Å². The van der Waals surface area contributed by atoms with Crippen molar-refractivity contribution in [2.45, 2.75) is 209 Å². The fraction of sp³-hybridized carbons (Fsp3) is 0.478. The topological polar surface area (TPSA) is 548 Å². The molecular formula is C90H119N17O20S. The Morgan fingerprint density at radius 3 is 1.45 bits per heavy atom. The van der Waals surface area contributed by atoms with Crippen molar-refractivity contribution in [2.24, 2.45) is 17.4 Å². The third kappa shape index (κ3) is 29.2. The number of nitrogens with zero attached hydrogens (tertiary/aromatic N) is 4. The predicted octanol–water partition coefficient (Wildman–Crippen LogP) is -1.04. The number of aliphatic hydroxyl groups is 2. The smallest absolute Gasteiger partial charge is 0.303 e. The Kier molecular flexibility index (Phi) is 38.5. The van der Waals surface area contributed by atoms with Crippen LogP contribution in [0.3, 0.4) is 0 Å². The third-order valence-electron chi connectivity index (χ3n) is 22.7. The molecule has 0 unspecified atom stereocenters. The van der Waals surface area contributed by atoms with E-state index in [1.165, 1.54) is 39.8 Å². The Balaban J connectivity index is 1.13. The van der Waals surface area contributed by atoms with Crippen LogP contribution in [0, 0.1) is 5.92 Å². The summed E-state index contributed by atoms with van der Waals surface area (Å²) in [4.78, 5) is 247. The molecule has 0 radical (unpaired) electrons. The lowest BCUT2D eigenvalue weighted by molar-refractivity contribution is -0.145. The van der Waals surface area contributed by atoms with E-state index in [4.69, 9.17) is 11.5 Å². The summed E-state index contributed by atoms with van der Waals surface area (Å²) in [5.74, 6) is -17.8. The van der Waals surface area contributed by atoms with E-state index < -0.39 is 235 Å². The summed E-state index contributed by atoms with van der Waals surface area (Å²) in [6.07, 6.45) is -3.78. The van der Waals surface area contributed by atoms with E-state index in [1.54, 1.807) is 92.7 Å². The van der Waals surface area contributed by atoms with E-state index >= 15 is 9.59 Å². The number of hydrogen-bond donors (Lipinski definition) is 16. The molecule has 0 spiro atoms. The maximum absolute atomic E-state index is 15.3. The molecule has 128 heavy (non-hydrogen) atoms. The van der Waals surface area contributed by atoms with E-state index in [0.717, 1.165) is 55.6 Å². The van der Waals surface area contributed by atoms with Crippen LogP contribution >= 0.6 is 11.8 Å². The van der Waals surface area contributed by atoms with Crippen molar-refractivity contribution in [1.82, 2.24) is 78.1 Å². The van der Waals surface area contributed by atoms with Crippen LogP contribution in [0.5, 0.6) is 0 Å². The van der Waals surface area contributed by atoms with Crippen molar-refractivity contribution < 1.29 is 96.8 Å². The molecule has 690 valence electrons. The second-order valence-corrected chi connectivity index (χ2v) is 33.7. The fourth-order valence-electron chi connectivity index (χ4n) is 15.0. The Bertz CT molecular complexity index is 4730. The number of aliphatic carboxylic acids is 1. The second kappa shape index (κ2) is 48.9. The van der Waals surface area contributed by atoms with Gasteiger partial charge in [-0.25, -0.2) is 0 Å². The van der Waals surface area contributed by atoms with E-state index in [2.05, 4.69) is 58.5 Å². The number of hydrogen-bond acceptors (Lipinski definition) is 21. The number of fused-ring (bicyclic) bond motifs is 2. The van der Waals surface area contributed by atoms with Gasteiger partial charge in [0.05, 0.1) is 31.1 Å². The number of aliphatic hydroxyl groups excluding tert-OH is 2. The van der Waals surface area contributed by atoms with Gasteiger partial charge in [-0.2, -0.15) is 0 Å². The minimum atomic E-state index is -1.93. The molecule has 5 aromatic carbocycles. The van der Waals surface area contributed by atoms with Gasteiger partial charge in [-0.15, -0.1) is 11.8 Å². The largest absolute Gasteiger partial charge is 0.481 e. The number of likely N-dealkylation sites (N-methyl/N-ethyl adjacent to an activating group) is 2. The Hall–Kier alpha value is -12.7. The molecule has 18 N–H and O–H groups in total. The van der Waals surface area contributed by atoms with E-state index in [-0.39, 0.29) is 64.5 Å². The van der Waals surface area contributed by atoms with Gasteiger partial charge in [0.15, 0.2) is 0 Å². The number of carboxylic acid groups (broad SMARTS) is 1. The first-order valence-electron chi connectivity index (χ1n) is 42.8.